The minimum atomic E-state index is -3.27. The van der Waals surface area contributed by atoms with Crippen molar-refractivity contribution in [2.24, 2.45) is 11.7 Å². The molecule has 1 heterocycles. The lowest BCUT2D eigenvalue weighted by Crippen LogP contribution is -2.52. The number of nitrogens with two attached hydrogens (primary N) is 1. The van der Waals surface area contributed by atoms with E-state index in [9.17, 15) is 8.42 Å². The van der Waals surface area contributed by atoms with Crippen molar-refractivity contribution in [2.45, 2.75) is 33.2 Å². The second kappa shape index (κ2) is 6.89. The molecular weight excluding hydrogens is 262 g/mol. The van der Waals surface area contributed by atoms with Gasteiger partial charge in [-0.1, -0.05) is 20.8 Å². The average molecular weight is 286 g/mol. The summed E-state index contributed by atoms with van der Waals surface area (Å²) in [5.74, 6) is 0.235. The van der Waals surface area contributed by atoms with Gasteiger partial charge in [-0.3, -0.25) is 0 Å². The molecule has 0 aromatic rings. The van der Waals surface area contributed by atoms with Crippen LogP contribution in [0.5, 0.6) is 0 Å². The summed E-state index contributed by atoms with van der Waals surface area (Å²) in [4.78, 5) is 0. The molecule has 1 aliphatic rings. The molecule has 2 N–H and O–H groups in total. The maximum Gasteiger partial charge on any atom is 0.281 e. The summed E-state index contributed by atoms with van der Waals surface area (Å²) in [5, 5.41) is 0. The summed E-state index contributed by atoms with van der Waals surface area (Å²) in [6.07, 6.45) is 0.752. The fourth-order valence-electron chi connectivity index (χ4n) is 2.05. The topological polar surface area (TPSA) is 66.6 Å². The van der Waals surface area contributed by atoms with Crippen LogP contribution in [0.1, 0.15) is 27.2 Å². The first-order valence-corrected chi connectivity index (χ1v) is 7.34. The standard InChI is InChI=1S/C10H23N3O2S.ClH/c1-4-12(5-2)16(14,15)13-7-6-10(11)9(3)8-13;/h9-10H,4-8,11H2,1-3H3;1H. The van der Waals surface area contributed by atoms with Crippen molar-refractivity contribution in [3.8, 4) is 0 Å². The Morgan fingerprint density at radius 2 is 1.88 bits per heavy atom. The Bertz CT molecular complexity index is 320. The summed E-state index contributed by atoms with van der Waals surface area (Å²) < 4.78 is 27.5. The molecule has 0 spiro atoms. The summed E-state index contributed by atoms with van der Waals surface area (Å²) in [5.41, 5.74) is 5.89. The van der Waals surface area contributed by atoms with Gasteiger partial charge in [-0.25, -0.2) is 0 Å². The molecule has 2 unspecified atom stereocenters. The molecule has 0 aliphatic carbocycles. The van der Waals surface area contributed by atoms with Crippen molar-refractivity contribution in [3.05, 3.63) is 0 Å². The third-order valence-electron chi connectivity index (χ3n) is 3.29. The number of piperidine rings is 1. The zero-order valence-corrected chi connectivity index (χ0v) is 12.4. The van der Waals surface area contributed by atoms with Crippen LogP contribution in [0.2, 0.25) is 0 Å². The highest BCUT2D eigenvalue weighted by Crippen LogP contribution is 2.19. The first kappa shape index (κ1) is 17.1. The highest BCUT2D eigenvalue weighted by molar-refractivity contribution is 7.86. The molecule has 0 aromatic heterocycles. The third-order valence-corrected chi connectivity index (χ3v) is 5.45. The van der Waals surface area contributed by atoms with Gasteiger partial charge in [0.25, 0.3) is 10.2 Å². The third kappa shape index (κ3) is 3.79. The molecule has 1 fully saturated rings. The lowest BCUT2D eigenvalue weighted by molar-refractivity contribution is 0.235. The van der Waals surface area contributed by atoms with E-state index >= 15 is 0 Å². The molecule has 0 amide bonds. The summed E-state index contributed by atoms with van der Waals surface area (Å²) in [6.45, 7) is 7.87. The predicted molar refractivity (Wildman–Crippen MR) is 72.4 cm³/mol. The second-order valence-electron chi connectivity index (χ2n) is 4.38. The van der Waals surface area contributed by atoms with E-state index in [2.05, 4.69) is 0 Å². The number of nitrogens with zero attached hydrogens (tertiary/aromatic N) is 2. The van der Waals surface area contributed by atoms with Crippen molar-refractivity contribution in [1.82, 2.24) is 8.61 Å². The monoisotopic (exact) mass is 285 g/mol. The van der Waals surface area contributed by atoms with Crippen LogP contribution < -0.4 is 5.73 Å². The molecule has 1 saturated heterocycles. The lowest BCUT2D eigenvalue weighted by atomic mass is 9.96. The van der Waals surface area contributed by atoms with Crippen molar-refractivity contribution in [2.75, 3.05) is 26.2 Å². The summed E-state index contributed by atoms with van der Waals surface area (Å²) in [7, 11) is -3.27. The van der Waals surface area contributed by atoms with Crippen LogP contribution in [0.4, 0.5) is 0 Å². The Kier molecular flexibility index (Phi) is 6.94. The molecule has 5 nitrogen and oxygen atoms in total. The van der Waals surface area contributed by atoms with E-state index in [-0.39, 0.29) is 24.4 Å². The zero-order chi connectivity index (χ0) is 12.3. The first-order chi connectivity index (χ1) is 7.43. The van der Waals surface area contributed by atoms with E-state index in [1.54, 1.807) is 4.31 Å². The summed E-state index contributed by atoms with van der Waals surface area (Å²) in [6, 6.07) is 0.128. The molecule has 2 atom stereocenters. The van der Waals surface area contributed by atoms with Gasteiger partial charge in [0.15, 0.2) is 0 Å². The van der Waals surface area contributed by atoms with Crippen LogP contribution in [0.25, 0.3) is 0 Å². The molecule has 0 radical (unpaired) electrons. The smallest absolute Gasteiger partial charge is 0.281 e. The van der Waals surface area contributed by atoms with Gasteiger partial charge in [0.05, 0.1) is 0 Å². The predicted octanol–water partition coefficient (Wildman–Crippen LogP) is 0.664. The molecule has 1 rings (SSSR count). The molecular formula is C10H24ClN3O2S. The van der Waals surface area contributed by atoms with Gasteiger partial charge >= 0.3 is 0 Å². The highest BCUT2D eigenvalue weighted by atomic mass is 35.5. The molecule has 104 valence electrons. The van der Waals surface area contributed by atoms with Gasteiger partial charge in [0.1, 0.15) is 0 Å². The Labute approximate surface area is 111 Å². The van der Waals surface area contributed by atoms with Crippen molar-refractivity contribution in [3.63, 3.8) is 0 Å². The van der Waals surface area contributed by atoms with E-state index < -0.39 is 10.2 Å². The van der Waals surface area contributed by atoms with E-state index in [1.165, 1.54) is 4.31 Å². The quantitative estimate of drug-likeness (QED) is 0.825. The van der Waals surface area contributed by atoms with E-state index in [0.717, 1.165) is 6.42 Å². The fourth-order valence-corrected chi connectivity index (χ4v) is 3.79. The van der Waals surface area contributed by atoms with Gasteiger partial charge in [-0.2, -0.15) is 17.0 Å². The maximum atomic E-state index is 12.2. The minimum absolute atomic E-state index is 0. The van der Waals surface area contributed by atoms with Gasteiger partial charge in [0.2, 0.25) is 0 Å². The van der Waals surface area contributed by atoms with Crippen LogP contribution in [-0.2, 0) is 10.2 Å². The lowest BCUT2D eigenvalue weighted by Gasteiger charge is -2.36. The number of rotatable bonds is 4. The number of halogens is 1. The molecule has 0 aromatic carbocycles. The highest BCUT2D eigenvalue weighted by Gasteiger charge is 2.33. The number of hydrogen-bond donors (Lipinski definition) is 1. The van der Waals surface area contributed by atoms with Crippen LogP contribution in [0.15, 0.2) is 0 Å². The maximum absolute atomic E-state index is 12.2. The van der Waals surface area contributed by atoms with E-state index in [1.807, 2.05) is 20.8 Å². The Morgan fingerprint density at radius 3 is 2.29 bits per heavy atom. The van der Waals surface area contributed by atoms with Crippen LogP contribution in [0, 0.1) is 5.92 Å². The van der Waals surface area contributed by atoms with Gasteiger partial charge in [-0.05, 0) is 12.3 Å². The molecule has 17 heavy (non-hydrogen) atoms. The van der Waals surface area contributed by atoms with Crippen molar-refractivity contribution in [1.29, 1.82) is 0 Å². The molecule has 7 heteroatoms. The Hall–Kier alpha value is 0.120. The number of hydrogen-bond acceptors (Lipinski definition) is 3. The van der Waals surface area contributed by atoms with Gasteiger partial charge in [-0.15, -0.1) is 12.4 Å². The van der Waals surface area contributed by atoms with Crippen molar-refractivity contribution < 1.29 is 8.42 Å². The van der Waals surface area contributed by atoms with Crippen molar-refractivity contribution >= 4 is 22.6 Å². The Balaban J connectivity index is 0.00000256. The second-order valence-corrected chi connectivity index (χ2v) is 6.31. The summed E-state index contributed by atoms with van der Waals surface area (Å²) >= 11 is 0. The Morgan fingerprint density at radius 1 is 1.35 bits per heavy atom. The van der Waals surface area contributed by atoms with Crippen LogP contribution >= 0.6 is 12.4 Å². The van der Waals surface area contributed by atoms with Crippen LogP contribution in [0.3, 0.4) is 0 Å². The largest absolute Gasteiger partial charge is 0.327 e. The van der Waals surface area contributed by atoms with E-state index in [0.29, 0.717) is 26.2 Å². The van der Waals surface area contributed by atoms with E-state index in [4.69, 9.17) is 5.73 Å². The van der Waals surface area contributed by atoms with Crippen LogP contribution in [-0.4, -0.2) is 49.2 Å². The SMILES string of the molecule is CCN(CC)S(=O)(=O)N1CCC(N)C(C)C1.Cl. The molecule has 0 saturated carbocycles. The van der Waals surface area contributed by atoms with Gasteiger partial charge < -0.3 is 5.73 Å². The minimum Gasteiger partial charge on any atom is -0.327 e. The average Bonchev–Trinajstić information content (AvgIpc) is 2.23. The first-order valence-electron chi connectivity index (χ1n) is 5.94. The normalized spacial score (nSPS) is 26.9. The molecule has 1 aliphatic heterocycles. The van der Waals surface area contributed by atoms with Gasteiger partial charge in [0, 0.05) is 32.2 Å². The molecule has 0 bridgehead atoms. The zero-order valence-electron chi connectivity index (χ0n) is 10.8. The fraction of sp³-hybridized carbons (Fsp3) is 1.00.